The van der Waals surface area contributed by atoms with Crippen molar-refractivity contribution in [2.45, 2.75) is 19.5 Å². The second-order valence-corrected chi connectivity index (χ2v) is 8.19. The first-order valence-electron chi connectivity index (χ1n) is 11.1. The van der Waals surface area contributed by atoms with Crippen LogP contribution in [0.5, 0.6) is 17.2 Å². The Labute approximate surface area is 204 Å². The fourth-order valence-corrected chi connectivity index (χ4v) is 4.47. The summed E-state index contributed by atoms with van der Waals surface area (Å²) in [6.07, 6.45) is 0. The largest absolute Gasteiger partial charge is 0.506 e. The maximum atomic E-state index is 13.4. The van der Waals surface area contributed by atoms with Gasteiger partial charge in [0.1, 0.15) is 28.6 Å². The van der Waals surface area contributed by atoms with E-state index in [2.05, 4.69) is 0 Å². The average Bonchev–Trinajstić information content (AvgIpc) is 3.13. The van der Waals surface area contributed by atoms with Crippen molar-refractivity contribution in [3.05, 3.63) is 94.6 Å². The lowest BCUT2D eigenvalue weighted by Gasteiger charge is -2.26. The number of amides is 1. The third kappa shape index (κ3) is 4.33. The van der Waals surface area contributed by atoms with Gasteiger partial charge in [-0.15, -0.1) is 0 Å². The number of hydrogen-bond acceptors (Lipinski definition) is 6. The molecule has 1 amide bonds. The van der Waals surface area contributed by atoms with Gasteiger partial charge in [-0.05, 0) is 30.7 Å². The van der Waals surface area contributed by atoms with Crippen molar-refractivity contribution in [1.82, 2.24) is 4.90 Å². The maximum Gasteiger partial charge on any atom is 0.295 e. The summed E-state index contributed by atoms with van der Waals surface area (Å²) in [5, 5.41) is 11.5. The lowest BCUT2D eigenvalue weighted by atomic mass is 9.93. The Bertz CT molecular complexity index is 1290. The zero-order valence-electron chi connectivity index (χ0n) is 20.1. The van der Waals surface area contributed by atoms with Crippen LogP contribution in [0.1, 0.15) is 28.3 Å². The molecule has 180 valence electrons. The SMILES string of the molecule is COc1ccccc1CN1C(=O)C(=O)/C(=C(/O)c2c(OC)cccc2OC)C1c1cccc(C)c1. The van der Waals surface area contributed by atoms with E-state index in [1.165, 1.54) is 19.1 Å². The van der Waals surface area contributed by atoms with Gasteiger partial charge in [0.25, 0.3) is 11.7 Å². The van der Waals surface area contributed by atoms with E-state index in [0.29, 0.717) is 22.8 Å². The summed E-state index contributed by atoms with van der Waals surface area (Å²) in [4.78, 5) is 28.2. The number of carbonyl (C=O) groups is 2. The van der Waals surface area contributed by atoms with E-state index in [0.717, 1.165) is 11.1 Å². The number of Topliss-reactive ketones (excluding diaryl/α,β-unsaturated/α-hetero) is 1. The van der Waals surface area contributed by atoms with Crippen molar-refractivity contribution in [2.24, 2.45) is 0 Å². The van der Waals surface area contributed by atoms with Crippen LogP contribution in [-0.4, -0.2) is 43.0 Å². The molecular formula is C28H27NO6. The van der Waals surface area contributed by atoms with Crippen LogP contribution in [0.4, 0.5) is 0 Å². The molecule has 0 bridgehead atoms. The smallest absolute Gasteiger partial charge is 0.295 e. The minimum Gasteiger partial charge on any atom is -0.506 e. The van der Waals surface area contributed by atoms with Crippen LogP contribution in [-0.2, 0) is 16.1 Å². The molecule has 7 nitrogen and oxygen atoms in total. The molecule has 3 aromatic rings. The number of aliphatic hydroxyl groups excluding tert-OH is 1. The number of rotatable bonds is 7. The lowest BCUT2D eigenvalue weighted by Crippen LogP contribution is -2.29. The van der Waals surface area contributed by atoms with Crippen LogP contribution in [0.2, 0.25) is 0 Å². The average molecular weight is 474 g/mol. The Morgan fingerprint density at radius 1 is 0.857 bits per heavy atom. The van der Waals surface area contributed by atoms with Gasteiger partial charge in [0.2, 0.25) is 0 Å². The maximum absolute atomic E-state index is 13.4. The number of benzene rings is 3. The van der Waals surface area contributed by atoms with E-state index in [1.54, 1.807) is 31.4 Å². The Kier molecular flexibility index (Phi) is 6.78. The molecule has 1 saturated heterocycles. The second kappa shape index (κ2) is 9.93. The van der Waals surface area contributed by atoms with Gasteiger partial charge < -0.3 is 24.2 Å². The lowest BCUT2D eigenvalue weighted by molar-refractivity contribution is -0.140. The molecule has 35 heavy (non-hydrogen) atoms. The highest BCUT2D eigenvalue weighted by atomic mass is 16.5. The summed E-state index contributed by atoms with van der Waals surface area (Å²) in [6.45, 7) is 2.05. The monoisotopic (exact) mass is 473 g/mol. The molecule has 0 aliphatic carbocycles. The first-order chi connectivity index (χ1) is 16.9. The third-order valence-corrected chi connectivity index (χ3v) is 6.10. The standard InChI is InChI=1S/C28H27NO6/c1-17-9-7-11-18(15-17)25-24(26(30)23-21(34-3)13-8-14-22(23)35-4)27(31)28(32)29(25)16-19-10-5-6-12-20(19)33-2/h5-15,25,30H,16H2,1-4H3/b26-24+. The van der Waals surface area contributed by atoms with Crippen molar-refractivity contribution in [1.29, 1.82) is 0 Å². The van der Waals surface area contributed by atoms with E-state index in [-0.39, 0.29) is 23.4 Å². The number of para-hydroxylation sites is 1. The second-order valence-electron chi connectivity index (χ2n) is 8.19. The molecule has 7 heteroatoms. The van der Waals surface area contributed by atoms with Crippen LogP contribution in [0.15, 0.2) is 72.3 Å². The third-order valence-electron chi connectivity index (χ3n) is 6.10. The van der Waals surface area contributed by atoms with E-state index in [4.69, 9.17) is 14.2 Å². The number of methoxy groups -OCH3 is 3. The van der Waals surface area contributed by atoms with E-state index in [1.807, 2.05) is 49.4 Å². The molecule has 0 aromatic heterocycles. The summed E-state index contributed by atoms with van der Waals surface area (Å²) in [5.41, 5.74) is 2.59. The Hall–Kier alpha value is -4.26. The summed E-state index contributed by atoms with van der Waals surface area (Å²) >= 11 is 0. The van der Waals surface area contributed by atoms with Crippen LogP contribution < -0.4 is 14.2 Å². The number of aliphatic hydroxyl groups is 1. The predicted octanol–water partition coefficient (Wildman–Crippen LogP) is 4.64. The Morgan fingerprint density at radius 2 is 1.46 bits per heavy atom. The first kappa shape index (κ1) is 23.9. The van der Waals surface area contributed by atoms with Gasteiger partial charge >= 0.3 is 0 Å². The quantitative estimate of drug-likeness (QED) is 0.306. The molecule has 1 aliphatic rings. The number of aryl methyl sites for hydroxylation is 1. The molecule has 0 saturated carbocycles. The van der Waals surface area contributed by atoms with Gasteiger partial charge in [-0.1, -0.05) is 54.1 Å². The van der Waals surface area contributed by atoms with Crippen molar-refractivity contribution in [3.63, 3.8) is 0 Å². The van der Waals surface area contributed by atoms with Crippen molar-refractivity contribution < 1.29 is 28.9 Å². The number of hydrogen-bond donors (Lipinski definition) is 1. The number of ether oxygens (including phenoxy) is 3. The van der Waals surface area contributed by atoms with E-state index < -0.39 is 17.7 Å². The zero-order valence-corrected chi connectivity index (χ0v) is 20.1. The zero-order chi connectivity index (χ0) is 25.1. The molecule has 1 N–H and O–H groups in total. The highest BCUT2D eigenvalue weighted by Gasteiger charge is 2.47. The summed E-state index contributed by atoms with van der Waals surface area (Å²) < 4.78 is 16.4. The van der Waals surface area contributed by atoms with Crippen LogP contribution in [0.25, 0.3) is 5.76 Å². The van der Waals surface area contributed by atoms with Crippen LogP contribution >= 0.6 is 0 Å². The molecule has 1 fully saturated rings. The fourth-order valence-electron chi connectivity index (χ4n) is 4.47. The van der Waals surface area contributed by atoms with Gasteiger partial charge in [0.15, 0.2) is 0 Å². The normalized spacial score (nSPS) is 16.9. The highest BCUT2D eigenvalue weighted by molar-refractivity contribution is 6.46. The van der Waals surface area contributed by atoms with Gasteiger partial charge in [-0.3, -0.25) is 9.59 Å². The van der Waals surface area contributed by atoms with Gasteiger partial charge in [0, 0.05) is 5.56 Å². The van der Waals surface area contributed by atoms with E-state index in [9.17, 15) is 14.7 Å². The van der Waals surface area contributed by atoms with E-state index >= 15 is 0 Å². The minimum atomic E-state index is -0.825. The first-order valence-corrected chi connectivity index (χ1v) is 11.1. The topological polar surface area (TPSA) is 85.3 Å². The number of nitrogens with zero attached hydrogens (tertiary/aromatic N) is 1. The molecule has 4 rings (SSSR count). The minimum absolute atomic E-state index is 0.0294. The van der Waals surface area contributed by atoms with Crippen LogP contribution in [0.3, 0.4) is 0 Å². The van der Waals surface area contributed by atoms with Crippen LogP contribution in [0, 0.1) is 6.92 Å². The molecule has 1 atom stereocenters. The summed E-state index contributed by atoms with van der Waals surface area (Å²) in [5.74, 6) is -0.605. The summed E-state index contributed by atoms with van der Waals surface area (Å²) in [7, 11) is 4.48. The predicted molar refractivity (Wildman–Crippen MR) is 132 cm³/mol. The van der Waals surface area contributed by atoms with Crippen molar-refractivity contribution >= 4 is 17.4 Å². The molecule has 3 aromatic carbocycles. The Balaban J connectivity index is 1.95. The van der Waals surface area contributed by atoms with Gasteiger partial charge in [-0.25, -0.2) is 0 Å². The number of carbonyl (C=O) groups excluding carboxylic acids is 2. The molecule has 0 radical (unpaired) electrons. The molecule has 1 heterocycles. The highest BCUT2D eigenvalue weighted by Crippen LogP contribution is 2.44. The van der Waals surface area contributed by atoms with Gasteiger partial charge in [-0.2, -0.15) is 0 Å². The molecule has 0 spiro atoms. The number of ketones is 1. The fraction of sp³-hybridized carbons (Fsp3) is 0.214. The Morgan fingerprint density at radius 3 is 2.09 bits per heavy atom. The summed E-state index contributed by atoms with van der Waals surface area (Å²) in [6, 6.07) is 19.1. The van der Waals surface area contributed by atoms with Crippen molar-refractivity contribution in [3.8, 4) is 17.2 Å². The van der Waals surface area contributed by atoms with Gasteiger partial charge in [0.05, 0.1) is 39.5 Å². The molecule has 1 unspecified atom stereocenters. The molecule has 1 aliphatic heterocycles. The molecular weight excluding hydrogens is 446 g/mol. The number of likely N-dealkylation sites (tertiary alicyclic amines) is 1. The van der Waals surface area contributed by atoms with Crippen molar-refractivity contribution in [2.75, 3.05) is 21.3 Å².